The van der Waals surface area contributed by atoms with Crippen molar-refractivity contribution < 1.29 is 27.9 Å². The summed E-state index contributed by atoms with van der Waals surface area (Å²) in [7, 11) is -3.84. The van der Waals surface area contributed by atoms with E-state index in [4.69, 9.17) is 9.84 Å². The second-order valence-electron chi connectivity index (χ2n) is 6.16. The molecule has 0 aromatic heterocycles. The summed E-state index contributed by atoms with van der Waals surface area (Å²) < 4.78 is 32.5. The normalized spacial score (nSPS) is 21.9. The summed E-state index contributed by atoms with van der Waals surface area (Å²) in [6, 6.07) is 3.89. The number of sulfonamides is 1. The van der Waals surface area contributed by atoms with Crippen molar-refractivity contribution in [2.75, 3.05) is 25.1 Å². The Morgan fingerprint density at radius 2 is 2.16 bits per heavy atom. The molecule has 1 saturated heterocycles. The van der Waals surface area contributed by atoms with E-state index < -0.39 is 22.0 Å². The first kappa shape index (κ1) is 17.8. The molecule has 0 radical (unpaired) electrons. The van der Waals surface area contributed by atoms with Gasteiger partial charge in [0.15, 0.2) is 0 Å². The minimum absolute atomic E-state index is 0.0620. The van der Waals surface area contributed by atoms with Crippen LogP contribution in [-0.4, -0.2) is 55.5 Å². The van der Waals surface area contributed by atoms with Crippen LogP contribution in [0.5, 0.6) is 0 Å². The number of ether oxygens (including phenoxy) is 1. The van der Waals surface area contributed by atoms with Gasteiger partial charge in [0.05, 0.1) is 30.6 Å². The Morgan fingerprint density at radius 1 is 1.36 bits per heavy atom. The number of amides is 1. The molecule has 9 heteroatoms. The highest BCUT2D eigenvalue weighted by Gasteiger charge is 2.35. The van der Waals surface area contributed by atoms with E-state index in [-0.39, 0.29) is 37.0 Å². The van der Waals surface area contributed by atoms with Crippen molar-refractivity contribution >= 4 is 27.6 Å². The molecule has 1 fully saturated rings. The zero-order valence-corrected chi connectivity index (χ0v) is 14.4. The molecule has 1 aromatic rings. The standard InChI is InChI=1S/C16H20N2O6S/c19-15-3-1-2-11-8-13(4-5-14(11)17-15)25(22,23)18-6-7-24-10-12(18)9-16(20)21/h4-5,8,12H,1-3,6-7,9-10H2,(H,17,19)(H,20,21). The number of aryl methyl sites for hydroxylation is 1. The maximum atomic E-state index is 13.0. The van der Waals surface area contributed by atoms with Crippen molar-refractivity contribution in [2.24, 2.45) is 0 Å². The number of anilines is 1. The van der Waals surface area contributed by atoms with Crippen LogP contribution in [-0.2, 0) is 30.8 Å². The molecule has 1 unspecified atom stereocenters. The lowest BCUT2D eigenvalue weighted by Gasteiger charge is -2.33. The summed E-state index contributed by atoms with van der Waals surface area (Å²) in [6.07, 6.45) is 1.36. The van der Waals surface area contributed by atoms with Gasteiger partial charge < -0.3 is 15.2 Å². The molecule has 1 atom stereocenters. The van der Waals surface area contributed by atoms with E-state index >= 15 is 0 Å². The lowest BCUT2D eigenvalue weighted by molar-refractivity contribution is -0.139. The van der Waals surface area contributed by atoms with E-state index in [0.717, 1.165) is 5.56 Å². The van der Waals surface area contributed by atoms with Crippen LogP contribution >= 0.6 is 0 Å². The number of nitrogens with one attached hydrogen (secondary N) is 1. The fourth-order valence-electron chi connectivity index (χ4n) is 3.17. The van der Waals surface area contributed by atoms with Crippen LogP contribution in [0.15, 0.2) is 23.1 Å². The second-order valence-corrected chi connectivity index (χ2v) is 8.05. The molecule has 1 aromatic carbocycles. The van der Waals surface area contributed by atoms with Gasteiger partial charge in [-0.1, -0.05) is 0 Å². The minimum Gasteiger partial charge on any atom is -0.481 e. The number of carboxylic acid groups (broad SMARTS) is 1. The van der Waals surface area contributed by atoms with Crippen LogP contribution in [0.2, 0.25) is 0 Å². The molecule has 8 nitrogen and oxygen atoms in total. The van der Waals surface area contributed by atoms with E-state index in [2.05, 4.69) is 5.32 Å². The average molecular weight is 368 g/mol. The quantitative estimate of drug-likeness (QED) is 0.814. The van der Waals surface area contributed by atoms with E-state index in [1.54, 1.807) is 12.1 Å². The van der Waals surface area contributed by atoms with Gasteiger partial charge in [0.1, 0.15) is 0 Å². The van der Waals surface area contributed by atoms with Crippen molar-refractivity contribution in [1.82, 2.24) is 4.31 Å². The van der Waals surface area contributed by atoms with Gasteiger partial charge in [0, 0.05) is 18.7 Å². The number of aliphatic carboxylic acids is 1. The summed E-state index contributed by atoms with van der Waals surface area (Å²) in [5.41, 5.74) is 1.40. The summed E-state index contributed by atoms with van der Waals surface area (Å²) in [5, 5.41) is 11.8. The molecular formula is C16H20N2O6S. The van der Waals surface area contributed by atoms with Gasteiger partial charge in [0.2, 0.25) is 15.9 Å². The Bertz CT molecular complexity index is 792. The molecule has 25 heavy (non-hydrogen) atoms. The molecule has 0 saturated carbocycles. The summed E-state index contributed by atoms with van der Waals surface area (Å²) >= 11 is 0. The van der Waals surface area contributed by atoms with Crippen LogP contribution in [0.1, 0.15) is 24.8 Å². The Morgan fingerprint density at radius 3 is 2.92 bits per heavy atom. The van der Waals surface area contributed by atoms with E-state index in [9.17, 15) is 18.0 Å². The van der Waals surface area contributed by atoms with Crippen molar-refractivity contribution in [2.45, 2.75) is 36.6 Å². The molecule has 0 spiro atoms. The molecule has 3 rings (SSSR count). The maximum absolute atomic E-state index is 13.0. The first-order valence-corrected chi connectivity index (χ1v) is 9.56. The number of fused-ring (bicyclic) bond motifs is 1. The molecule has 0 bridgehead atoms. The number of carboxylic acids is 1. The van der Waals surface area contributed by atoms with Crippen LogP contribution < -0.4 is 5.32 Å². The molecule has 1 amide bonds. The largest absolute Gasteiger partial charge is 0.481 e. The minimum atomic E-state index is -3.84. The predicted octanol–water partition coefficient (Wildman–Crippen LogP) is 0.826. The van der Waals surface area contributed by atoms with Gasteiger partial charge in [-0.15, -0.1) is 0 Å². The van der Waals surface area contributed by atoms with E-state index in [1.807, 2.05) is 0 Å². The Balaban J connectivity index is 1.92. The molecular weight excluding hydrogens is 348 g/mol. The third-order valence-electron chi connectivity index (χ3n) is 4.39. The first-order chi connectivity index (χ1) is 11.9. The monoisotopic (exact) mass is 368 g/mol. The number of hydrogen-bond acceptors (Lipinski definition) is 5. The average Bonchev–Trinajstić information content (AvgIpc) is 2.74. The molecule has 2 heterocycles. The van der Waals surface area contributed by atoms with Gasteiger partial charge in [0.25, 0.3) is 0 Å². The van der Waals surface area contributed by atoms with Crippen LogP contribution in [0.4, 0.5) is 5.69 Å². The highest BCUT2D eigenvalue weighted by molar-refractivity contribution is 7.89. The van der Waals surface area contributed by atoms with Gasteiger partial charge >= 0.3 is 5.97 Å². The Kier molecular flexibility index (Phi) is 5.07. The predicted molar refractivity (Wildman–Crippen MR) is 88.8 cm³/mol. The molecule has 2 N–H and O–H groups in total. The van der Waals surface area contributed by atoms with Crippen molar-refractivity contribution in [1.29, 1.82) is 0 Å². The molecule has 2 aliphatic rings. The number of hydrogen-bond donors (Lipinski definition) is 2. The third kappa shape index (κ3) is 3.83. The summed E-state index contributed by atoms with van der Waals surface area (Å²) in [4.78, 5) is 22.7. The number of carbonyl (C=O) groups is 2. The second kappa shape index (κ2) is 7.11. The smallest absolute Gasteiger partial charge is 0.305 e. The van der Waals surface area contributed by atoms with Crippen molar-refractivity contribution in [3.05, 3.63) is 23.8 Å². The maximum Gasteiger partial charge on any atom is 0.305 e. The highest BCUT2D eigenvalue weighted by Crippen LogP contribution is 2.28. The number of rotatable bonds is 4. The van der Waals surface area contributed by atoms with Crippen molar-refractivity contribution in [3.63, 3.8) is 0 Å². The number of nitrogens with zero attached hydrogens (tertiary/aromatic N) is 1. The zero-order valence-electron chi connectivity index (χ0n) is 13.6. The zero-order chi connectivity index (χ0) is 18.0. The number of carbonyl (C=O) groups excluding carboxylic acids is 1. The van der Waals surface area contributed by atoms with Gasteiger partial charge in [-0.2, -0.15) is 4.31 Å². The fraction of sp³-hybridized carbons (Fsp3) is 0.500. The van der Waals surface area contributed by atoms with Gasteiger partial charge in [-0.05, 0) is 36.6 Å². The lowest BCUT2D eigenvalue weighted by Crippen LogP contribution is -2.49. The molecule has 2 aliphatic heterocycles. The van der Waals surface area contributed by atoms with E-state index in [1.165, 1.54) is 10.4 Å². The molecule has 136 valence electrons. The molecule has 0 aliphatic carbocycles. The van der Waals surface area contributed by atoms with Crippen molar-refractivity contribution in [3.8, 4) is 0 Å². The van der Waals surface area contributed by atoms with Crippen LogP contribution in [0.25, 0.3) is 0 Å². The third-order valence-corrected chi connectivity index (χ3v) is 6.34. The number of benzene rings is 1. The Hall–Kier alpha value is -1.97. The van der Waals surface area contributed by atoms with Gasteiger partial charge in [-0.25, -0.2) is 8.42 Å². The van der Waals surface area contributed by atoms with E-state index in [0.29, 0.717) is 24.9 Å². The topological polar surface area (TPSA) is 113 Å². The van der Waals surface area contributed by atoms with Crippen LogP contribution in [0.3, 0.4) is 0 Å². The number of morpholine rings is 1. The fourth-order valence-corrected chi connectivity index (χ4v) is 4.81. The Labute approximate surface area is 145 Å². The first-order valence-electron chi connectivity index (χ1n) is 8.12. The lowest BCUT2D eigenvalue weighted by atomic mass is 10.1. The summed E-state index contributed by atoms with van der Waals surface area (Å²) in [6.45, 7) is 0.414. The highest BCUT2D eigenvalue weighted by atomic mass is 32.2. The van der Waals surface area contributed by atoms with Crippen LogP contribution in [0, 0.1) is 0 Å². The summed E-state index contributed by atoms with van der Waals surface area (Å²) in [5.74, 6) is -1.15. The van der Waals surface area contributed by atoms with Gasteiger partial charge in [-0.3, -0.25) is 9.59 Å². The SMILES string of the molecule is O=C(O)CC1COCCN1S(=O)(=O)c1ccc2c(c1)CCCC(=O)N2.